The molecule has 2 aromatic carbocycles. The minimum absolute atomic E-state index is 0.00935. The number of azide groups is 1. The molecule has 3 heterocycles. The van der Waals surface area contributed by atoms with Crippen LogP contribution in [0.4, 0.5) is 21.1 Å². The average Bonchev–Trinajstić information content (AvgIpc) is 0.784. The summed E-state index contributed by atoms with van der Waals surface area (Å²) < 4.78 is 163. The third-order valence-corrected chi connectivity index (χ3v) is 22.2. The van der Waals surface area contributed by atoms with Gasteiger partial charge in [0.25, 0.3) is 16.0 Å². The summed E-state index contributed by atoms with van der Waals surface area (Å²) in [5.74, 6) is 13.5. The highest BCUT2D eigenvalue weighted by Crippen LogP contribution is 2.66. The Hall–Kier alpha value is -7.55. The molecule has 0 bridgehead atoms. The SMILES string of the molecule is CC(C)(CCOC(=O)N(N)CCOCCOCCNC(=O)c1ccc(C(=O)O)c(-c2c3cc/c(=N/N)c(S(=O)(=O)O)c-3oc3c(S(=O)(=O)O)c(N)ccc23)c1)SSCOCCCCOC(=O)NCC#Cc1cn([C@H]2CC(OCN=[N+]=[N-])[C@@H](COP(=O)(O)OP(=O)(O)OP(=O)(O)O)O2)c(=O)nc1N. The van der Waals surface area contributed by atoms with Crippen LogP contribution in [-0.4, -0.2) is 191 Å². The van der Waals surface area contributed by atoms with E-state index >= 15 is 0 Å². The second kappa shape index (κ2) is 37.2. The third-order valence-electron chi connectivity index (χ3n) is 13.5. The number of hydrazine groups is 1. The molecule has 2 aliphatic heterocycles. The zero-order chi connectivity index (χ0) is 75.4. The van der Waals surface area contributed by atoms with Crippen molar-refractivity contribution in [2.24, 2.45) is 21.9 Å². The Bertz CT molecular complexity index is 4490. The molecule has 1 aliphatic carbocycles. The summed E-state index contributed by atoms with van der Waals surface area (Å²) in [5, 5.41) is 22.0. The molecule has 6 rings (SSSR count). The summed E-state index contributed by atoms with van der Waals surface area (Å²) in [6.45, 7) is 2.52. The zero-order valence-corrected chi connectivity index (χ0v) is 59.3. The number of benzene rings is 3. The van der Waals surface area contributed by atoms with Crippen molar-refractivity contribution in [3.05, 3.63) is 91.6 Å². The number of unbranched alkanes of at least 4 members (excludes halogenated alkanes) is 1. The fourth-order valence-corrected chi connectivity index (χ4v) is 15.9. The predicted molar refractivity (Wildman–Crippen MR) is 356 cm³/mol. The molecule has 17 N–H and O–H groups in total. The number of nitrogens with two attached hydrogens (primary N) is 4. The molecule has 43 nitrogen and oxygen atoms in total. The number of aromatic carboxylic acids is 1. The van der Waals surface area contributed by atoms with Crippen LogP contribution < -0.4 is 44.8 Å². The van der Waals surface area contributed by atoms with Crippen LogP contribution in [0.3, 0.4) is 0 Å². The molecule has 3 amide bonds. The fourth-order valence-electron chi connectivity index (χ4n) is 9.04. The zero-order valence-electron chi connectivity index (χ0n) is 53.3. The fraction of sp³-hybridized carbons (Fsp3) is 0.442. The Morgan fingerprint density at radius 2 is 1.60 bits per heavy atom. The number of ether oxygens (including phenoxy) is 7. The minimum atomic E-state index is -5.85. The Morgan fingerprint density at radius 3 is 2.27 bits per heavy atom. The molecule has 1 saturated heterocycles. The van der Waals surface area contributed by atoms with Gasteiger partial charge >= 0.3 is 57.4 Å². The van der Waals surface area contributed by atoms with E-state index in [4.69, 9.17) is 76.0 Å². The van der Waals surface area contributed by atoms with E-state index in [0.29, 0.717) is 31.8 Å². The number of rotatable bonds is 38. The molecule has 3 unspecified atom stereocenters. The lowest BCUT2D eigenvalue weighted by Gasteiger charge is -2.23. The van der Waals surface area contributed by atoms with E-state index in [1.165, 1.54) is 39.8 Å². The highest BCUT2D eigenvalue weighted by atomic mass is 33.1. The summed E-state index contributed by atoms with van der Waals surface area (Å²) in [7, 11) is -24.7. The lowest BCUT2D eigenvalue weighted by molar-refractivity contribution is -0.0601. The number of aromatic nitrogens is 2. The number of carbonyl (C=O) groups excluding carboxylic acids is 3. The molecule has 5 atom stereocenters. The van der Waals surface area contributed by atoms with Gasteiger partial charge in [0, 0.05) is 57.5 Å². The molecule has 50 heteroatoms. The number of phosphoric ester groups is 1. The summed E-state index contributed by atoms with van der Waals surface area (Å²) in [6, 6.07) is 7.93. The van der Waals surface area contributed by atoms with Gasteiger partial charge in [0.15, 0.2) is 21.1 Å². The number of phosphoric acid groups is 3. The van der Waals surface area contributed by atoms with Crippen molar-refractivity contribution in [1.29, 1.82) is 0 Å². The van der Waals surface area contributed by atoms with Gasteiger partial charge in [0.1, 0.15) is 36.2 Å². The molecule has 1 aromatic heterocycles. The lowest BCUT2D eigenvalue weighted by Crippen LogP contribution is -2.40. The van der Waals surface area contributed by atoms with Crippen LogP contribution in [0.2, 0.25) is 0 Å². The highest BCUT2D eigenvalue weighted by molar-refractivity contribution is 8.77. The number of hydrogen-bond acceptors (Lipinski definition) is 32. The van der Waals surface area contributed by atoms with Gasteiger partial charge in [-0.3, -0.25) is 23.0 Å². The molecular formula is C52H68N13O30P3S4. The van der Waals surface area contributed by atoms with Gasteiger partial charge in [-0.1, -0.05) is 38.5 Å². The van der Waals surface area contributed by atoms with Crippen molar-refractivity contribution in [2.45, 2.75) is 72.5 Å². The number of alkyl carbamates (subject to hydrolysis) is 1. The van der Waals surface area contributed by atoms with E-state index in [9.17, 15) is 78.5 Å². The number of hydrogen-bond donors (Lipinski definition) is 13. The van der Waals surface area contributed by atoms with Crippen molar-refractivity contribution in [3.63, 3.8) is 0 Å². The standard InChI is InChI=1S/C52H68N13O30P3S4/c1-52(2,100-99-29-87-17-3-4-18-88-50(70)59-14-5-6-31-26-64(49(69)61-46(31)54)40-25-38(90-28-60-63-56)39(92-40)27-91-97(75,76)95-98(77,78)94-96(72,73)74)13-19-89-51(71)65(57)16-21-86-23-22-85-20-15-58-47(66)30-7-8-32(48(67)68)35(24-30)41-33-9-11-36(53)44(101(79,80)81)42(33)93-43-34(41)10-12-37(62-55)45(43)102(82,83)84/h7-12,24,26,38-40H,3-4,13-23,25,27-29,53,55,57H2,1-2H3,(H,58,66)(H,59,70)(H,67,68)(H,75,76)(H,77,78)(H2,54,61,69)(H2,72,73,74)(H,79,80,81)(H,82,83,84)/b62-37-/t38?,39-,40-/m1/s1. The second-order valence-corrected chi connectivity index (χ2v) is 31.4. The Balaban J connectivity index is 0.828. The van der Waals surface area contributed by atoms with Crippen LogP contribution in [-0.2, 0) is 80.2 Å². The molecule has 560 valence electrons. The molecule has 0 spiro atoms. The first-order valence-corrected chi connectivity index (χ1v) is 38.8. The van der Waals surface area contributed by atoms with E-state index in [2.05, 4.69) is 55.7 Å². The summed E-state index contributed by atoms with van der Waals surface area (Å²) in [6.07, 6.45) is -3.00. The topological polar surface area (TPSA) is 662 Å². The largest absolute Gasteiger partial charge is 0.490 e. The van der Waals surface area contributed by atoms with Crippen molar-refractivity contribution in [2.75, 3.05) is 96.6 Å². The summed E-state index contributed by atoms with van der Waals surface area (Å²) in [5.41, 5.74) is 16.9. The first kappa shape index (κ1) is 83.4. The van der Waals surface area contributed by atoms with E-state index in [0.717, 1.165) is 40.0 Å². The number of carbonyl (C=O) groups is 4. The number of fused-ring (bicyclic) bond motifs is 2. The summed E-state index contributed by atoms with van der Waals surface area (Å²) >= 11 is 0. The maximum atomic E-state index is 13.5. The van der Waals surface area contributed by atoms with E-state index in [-0.39, 0.29) is 109 Å². The number of anilines is 2. The Kier molecular flexibility index (Phi) is 30.4. The first-order valence-electron chi connectivity index (χ1n) is 29.1. The number of nitrogens with zero attached hydrogens (tertiary/aromatic N) is 7. The molecule has 102 heavy (non-hydrogen) atoms. The number of amides is 3. The van der Waals surface area contributed by atoms with Crippen LogP contribution in [0.1, 0.15) is 72.0 Å². The first-order chi connectivity index (χ1) is 47.9. The van der Waals surface area contributed by atoms with Crippen molar-refractivity contribution in [3.8, 4) is 34.3 Å². The third kappa shape index (κ3) is 25.1. The van der Waals surface area contributed by atoms with Gasteiger partial charge in [0.05, 0.1) is 82.3 Å². The van der Waals surface area contributed by atoms with Crippen LogP contribution in [0.15, 0.2) is 77.9 Å². The van der Waals surface area contributed by atoms with Crippen LogP contribution in [0, 0.1) is 11.8 Å². The number of carboxylic acids is 1. The molecule has 0 saturated carbocycles. The molecule has 1 fully saturated rings. The van der Waals surface area contributed by atoms with Crippen LogP contribution >= 0.6 is 45.1 Å². The molecule has 0 radical (unpaired) electrons. The minimum Gasteiger partial charge on any atom is -0.478 e. The molecule has 3 aliphatic rings. The van der Waals surface area contributed by atoms with E-state index < -0.39 is 143 Å². The van der Waals surface area contributed by atoms with Gasteiger partial charge < -0.3 is 90.2 Å². The normalized spacial score (nSPS) is 16.3. The molecular weight excluding hydrogens is 1510 g/mol. The molecule has 3 aromatic rings. The van der Waals surface area contributed by atoms with Gasteiger partial charge in [-0.25, -0.2) is 43.7 Å². The van der Waals surface area contributed by atoms with Crippen molar-refractivity contribution in [1.82, 2.24) is 25.2 Å². The van der Waals surface area contributed by atoms with Gasteiger partial charge in [0.2, 0.25) is 0 Å². The van der Waals surface area contributed by atoms with Gasteiger partial charge in [-0.15, -0.1) is 0 Å². The Labute approximate surface area is 585 Å². The quantitative estimate of drug-likeness (QED) is 0.00214. The van der Waals surface area contributed by atoms with E-state index in [1.807, 2.05) is 13.8 Å². The van der Waals surface area contributed by atoms with Crippen LogP contribution in [0.25, 0.3) is 43.9 Å². The van der Waals surface area contributed by atoms with Crippen molar-refractivity contribution >= 4 is 112 Å². The monoisotopic (exact) mass is 1580 g/mol. The Morgan fingerprint density at radius 1 is 0.892 bits per heavy atom. The van der Waals surface area contributed by atoms with E-state index in [1.54, 1.807) is 0 Å². The van der Waals surface area contributed by atoms with Gasteiger partial charge in [-0.05, 0) is 86.7 Å². The lowest BCUT2D eigenvalue weighted by atomic mass is 9.89. The summed E-state index contributed by atoms with van der Waals surface area (Å²) in [4.78, 5) is 105. The van der Waals surface area contributed by atoms with Crippen molar-refractivity contribution < 1.29 is 134 Å². The number of nitrogens with one attached hydrogen (secondary N) is 2. The highest BCUT2D eigenvalue weighted by Gasteiger charge is 2.44. The number of nitrogen functional groups attached to an aromatic ring is 2. The average molecular weight is 1580 g/mol. The van der Waals surface area contributed by atoms with Gasteiger partial charge in [-0.2, -0.15) is 35.5 Å². The predicted octanol–water partition coefficient (Wildman–Crippen LogP) is 3.33. The maximum absolute atomic E-state index is 13.5. The van der Waals surface area contributed by atoms with Crippen LogP contribution in [0.5, 0.6) is 0 Å². The maximum Gasteiger partial charge on any atom is 0.490 e. The second-order valence-electron chi connectivity index (χ2n) is 21.3. The smallest absolute Gasteiger partial charge is 0.478 e. The number of carboxylic acid groups (broad SMARTS) is 1.